The lowest BCUT2D eigenvalue weighted by atomic mass is 10.1. The molecule has 0 aliphatic heterocycles. The monoisotopic (exact) mass is 425 g/mol. The fraction of sp³-hybridized carbons (Fsp3) is 0.885. The van der Waals surface area contributed by atoms with E-state index in [4.69, 9.17) is 15.2 Å². The summed E-state index contributed by atoms with van der Waals surface area (Å²) in [6.45, 7) is 6.17. The molecule has 1 atom stereocenters. The van der Waals surface area contributed by atoms with Crippen LogP contribution >= 0.6 is 0 Å². The maximum Gasteiger partial charge on any atom is 0.306 e. The molecule has 2 N–H and O–H groups in total. The van der Waals surface area contributed by atoms with E-state index < -0.39 is 0 Å². The number of esters is 1. The van der Waals surface area contributed by atoms with Crippen LogP contribution in [0.25, 0.3) is 0 Å². The first kappa shape index (κ1) is 29.1. The van der Waals surface area contributed by atoms with Gasteiger partial charge in [-0.3, -0.25) is 4.79 Å². The van der Waals surface area contributed by atoms with Crippen LogP contribution in [0.15, 0.2) is 12.2 Å². The molecule has 0 aromatic rings. The molecule has 30 heavy (non-hydrogen) atoms. The van der Waals surface area contributed by atoms with Gasteiger partial charge >= 0.3 is 5.97 Å². The van der Waals surface area contributed by atoms with Crippen molar-refractivity contribution < 1.29 is 14.3 Å². The van der Waals surface area contributed by atoms with Crippen LogP contribution in [0.4, 0.5) is 0 Å². The van der Waals surface area contributed by atoms with Crippen molar-refractivity contribution in [3.63, 3.8) is 0 Å². The molecule has 0 aliphatic rings. The van der Waals surface area contributed by atoms with E-state index in [1.54, 1.807) is 0 Å². The number of hydrogen-bond donors (Lipinski definition) is 1. The van der Waals surface area contributed by atoms with Gasteiger partial charge in [-0.1, -0.05) is 83.8 Å². The predicted octanol–water partition coefficient (Wildman–Crippen LogP) is 7.10. The number of unbranched alkanes of at least 4 members (excludes halogenated alkanes) is 12. The summed E-state index contributed by atoms with van der Waals surface area (Å²) in [6.07, 6.45) is 24.3. The zero-order valence-corrected chi connectivity index (χ0v) is 20.2. The summed E-state index contributed by atoms with van der Waals surface area (Å²) < 4.78 is 11.0. The minimum Gasteiger partial charge on any atom is -0.461 e. The molecule has 0 fully saturated rings. The van der Waals surface area contributed by atoms with E-state index in [0.717, 1.165) is 32.3 Å². The second-order valence-electron chi connectivity index (χ2n) is 8.44. The molecule has 0 bridgehead atoms. The van der Waals surface area contributed by atoms with E-state index in [0.29, 0.717) is 26.0 Å². The van der Waals surface area contributed by atoms with Crippen LogP contribution in [0, 0.1) is 0 Å². The van der Waals surface area contributed by atoms with Gasteiger partial charge in [-0.25, -0.2) is 0 Å². The molecule has 0 saturated carbocycles. The molecule has 0 aromatic carbocycles. The maximum atomic E-state index is 12.0. The van der Waals surface area contributed by atoms with E-state index in [-0.39, 0.29) is 12.1 Å². The normalized spacial score (nSPS) is 12.5. The summed E-state index contributed by atoms with van der Waals surface area (Å²) in [5.74, 6) is -0.114. The highest BCUT2D eigenvalue weighted by Gasteiger charge is 2.12. The Kier molecular flexibility index (Phi) is 23.7. The Labute approximate surface area is 187 Å². The number of hydrogen-bond acceptors (Lipinski definition) is 4. The number of carbonyl (C=O) groups is 1. The largest absolute Gasteiger partial charge is 0.461 e. The fourth-order valence-corrected chi connectivity index (χ4v) is 3.37. The highest BCUT2D eigenvalue weighted by Crippen LogP contribution is 2.11. The van der Waals surface area contributed by atoms with Gasteiger partial charge in [0.05, 0.1) is 6.61 Å². The van der Waals surface area contributed by atoms with Crippen LogP contribution < -0.4 is 5.73 Å². The van der Waals surface area contributed by atoms with Gasteiger partial charge in [0.2, 0.25) is 0 Å². The molecule has 0 aliphatic carbocycles. The third kappa shape index (κ3) is 21.8. The van der Waals surface area contributed by atoms with Crippen LogP contribution in [0.5, 0.6) is 0 Å². The number of ether oxygens (including phenoxy) is 2. The van der Waals surface area contributed by atoms with Crippen LogP contribution in [-0.2, 0) is 14.3 Å². The summed E-state index contributed by atoms with van der Waals surface area (Å²) in [5, 5.41) is 0. The van der Waals surface area contributed by atoms with Gasteiger partial charge in [-0.15, -0.1) is 0 Å². The number of allylic oxidation sites excluding steroid dienone is 2. The fourth-order valence-electron chi connectivity index (χ4n) is 3.37. The lowest BCUT2D eigenvalue weighted by molar-refractivity contribution is -0.149. The highest BCUT2D eigenvalue weighted by molar-refractivity contribution is 5.69. The van der Waals surface area contributed by atoms with Gasteiger partial charge in [0.25, 0.3) is 0 Å². The van der Waals surface area contributed by atoms with E-state index in [1.807, 2.05) is 0 Å². The van der Waals surface area contributed by atoms with E-state index >= 15 is 0 Å². The molecule has 0 saturated heterocycles. The molecule has 178 valence electrons. The van der Waals surface area contributed by atoms with Crippen LogP contribution in [0.2, 0.25) is 0 Å². The molecule has 0 aromatic heterocycles. The number of nitrogens with two attached hydrogens (primary N) is 1. The highest BCUT2D eigenvalue weighted by atomic mass is 16.5. The minimum atomic E-state index is -0.206. The third-order valence-corrected chi connectivity index (χ3v) is 5.43. The third-order valence-electron chi connectivity index (χ3n) is 5.43. The zero-order chi connectivity index (χ0) is 22.1. The maximum absolute atomic E-state index is 12.0. The zero-order valence-electron chi connectivity index (χ0n) is 20.2. The summed E-state index contributed by atoms with van der Waals surface area (Å²) in [4.78, 5) is 12.0. The molecular formula is C26H51NO3. The van der Waals surface area contributed by atoms with E-state index in [2.05, 4.69) is 26.0 Å². The molecule has 0 spiro atoms. The van der Waals surface area contributed by atoms with Gasteiger partial charge in [0, 0.05) is 26.0 Å². The minimum absolute atomic E-state index is 0.114. The second kappa shape index (κ2) is 24.4. The Hall–Kier alpha value is -0.870. The van der Waals surface area contributed by atoms with Crippen LogP contribution in [0.3, 0.4) is 0 Å². The first-order valence-electron chi connectivity index (χ1n) is 12.9. The summed E-state index contributed by atoms with van der Waals surface area (Å²) in [6, 6.07) is 0. The predicted molar refractivity (Wildman–Crippen MR) is 129 cm³/mol. The smallest absolute Gasteiger partial charge is 0.306 e. The number of rotatable bonds is 23. The lowest BCUT2D eigenvalue weighted by Gasteiger charge is -2.16. The summed E-state index contributed by atoms with van der Waals surface area (Å²) in [7, 11) is 0. The molecular weight excluding hydrogens is 374 g/mol. The van der Waals surface area contributed by atoms with Crippen molar-refractivity contribution in [1.29, 1.82) is 0 Å². The average molecular weight is 426 g/mol. The molecule has 0 heterocycles. The van der Waals surface area contributed by atoms with Crippen LogP contribution in [-0.4, -0.2) is 31.8 Å². The van der Waals surface area contributed by atoms with Crippen molar-refractivity contribution in [3.05, 3.63) is 12.2 Å². The lowest BCUT2D eigenvalue weighted by Crippen LogP contribution is -2.28. The summed E-state index contributed by atoms with van der Waals surface area (Å²) in [5.41, 5.74) is 5.71. The van der Waals surface area contributed by atoms with Crippen molar-refractivity contribution in [1.82, 2.24) is 0 Å². The number of carbonyl (C=O) groups excluding carboxylic acids is 1. The van der Waals surface area contributed by atoms with Gasteiger partial charge < -0.3 is 15.2 Å². The SMILES string of the molecule is CCCCCCCC/C=C\CCCCCCCC(=O)OC(CN)CCOCCCC. The van der Waals surface area contributed by atoms with E-state index in [1.165, 1.54) is 70.6 Å². The first-order chi connectivity index (χ1) is 14.7. The van der Waals surface area contributed by atoms with Crippen LogP contribution in [0.1, 0.15) is 123 Å². The van der Waals surface area contributed by atoms with E-state index in [9.17, 15) is 4.79 Å². The van der Waals surface area contributed by atoms with Gasteiger partial charge in [-0.05, 0) is 38.5 Å². The molecule has 1 unspecified atom stereocenters. The van der Waals surface area contributed by atoms with Crippen molar-refractivity contribution in [3.8, 4) is 0 Å². The molecule has 0 amide bonds. The Morgan fingerprint density at radius 3 is 1.93 bits per heavy atom. The standard InChI is InChI=1S/C26H51NO3/c1-3-5-7-8-9-10-11-12-13-14-15-16-17-18-19-20-26(28)30-25(24-27)21-23-29-22-6-4-2/h12-13,25H,3-11,14-24,27H2,1-2H3/b13-12-. The van der Waals surface area contributed by atoms with Gasteiger partial charge in [0.1, 0.15) is 6.10 Å². The summed E-state index contributed by atoms with van der Waals surface area (Å²) >= 11 is 0. The van der Waals surface area contributed by atoms with Crippen molar-refractivity contribution in [2.75, 3.05) is 19.8 Å². The van der Waals surface area contributed by atoms with Crippen molar-refractivity contribution in [2.24, 2.45) is 5.73 Å². The average Bonchev–Trinajstić information content (AvgIpc) is 2.75. The van der Waals surface area contributed by atoms with Crippen molar-refractivity contribution in [2.45, 2.75) is 129 Å². The Bertz CT molecular complexity index is 384. The molecule has 4 nitrogen and oxygen atoms in total. The Morgan fingerprint density at radius 2 is 1.33 bits per heavy atom. The Morgan fingerprint density at radius 1 is 0.767 bits per heavy atom. The topological polar surface area (TPSA) is 61.5 Å². The quantitative estimate of drug-likeness (QED) is 0.108. The molecule has 0 rings (SSSR count). The van der Waals surface area contributed by atoms with Crippen molar-refractivity contribution >= 4 is 5.97 Å². The van der Waals surface area contributed by atoms with Gasteiger partial charge in [0.15, 0.2) is 0 Å². The molecule has 4 heteroatoms. The van der Waals surface area contributed by atoms with Gasteiger partial charge in [-0.2, -0.15) is 0 Å². The first-order valence-corrected chi connectivity index (χ1v) is 12.9. The Balaban J connectivity index is 3.43. The second-order valence-corrected chi connectivity index (χ2v) is 8.44. The molecule has 0 radical (unpaired) electrons.